The molecule has 0 aromatic heterocycles. The van der Waals surface area contributed by atoms with Crippen molar-refractivity contribution in [1.82, 2.24) is 0 Å². The number of aryl methyl sites for hydroxylation is 1. The van der Waals surface area contributed by atoms with Crippen LogP contribution in [0.25, 0.3) is 0 Å². The molecule has 15 heavy (non-hydrogen) atoms. The van der Waals surface area contributed by atoms with Crippen LogP contribution < -0.4 is 10.5 Å². The number of nitrogens with two attached hydrogens (primary N) is 1. The summed E-state index contributed by atoms with van der Waals surface area (Å²) in [5.74, 6) is 0.919. The topological polar surface area (TPSA) is 35.2 Å². The smallest absolute Gasteiger partial charge is 0.120 e. The lowest BCUT2D eigenvalue weighted by atomic mass is 9.88. The summed E-state index contributed by atoms with van der Waals surface area (Å²) in [5.41, 5.74) is 8.67. The van der Waals surface area contributed by atoms with E-state index in [0.29, 0.717) is 6.61 Å². The van der Waals surface area contributed by atoms with Crippen LogP contribution in [0.15, 0.2) is 30.9 Å². The molecule has 0 amide bonds. The molecule has 0 aliphatic heterocycles. The fraction of sp³-hybridized carbons (Fsp3) is 0.385. The Balaban J connectivity index is 2.21. The van der Waals surface area contributed by atoms with Gasteiger partial charge >= 0.3 is 0 Å². The van der Waals surface area contributed by atoms with Gasteiger partial charge in [0.2, 0.25) is 0 Å². The van der Waals surface area contributed by atoms with E-state index in [1.54, 1.807) is 6.08 Å². The van der Waals surface area contributed by atoms with E-state index in [9.17, 15) is 0 Å². The summed E-state index contributed by atoms with van der Waals surface area (Å²) in [6.45, 7) is 4.19. The standard InChI is InChI=1S/C13H17NO/c1-2-8-15-11-6-7-12-10(9-11)4-3-5-13(12)14/h2,6-7,9,13H,1,3-5,8,14H2. The Morgan fingerprint density at radius 3 is 3.20 bits per heavy atom. The third kappa shape index (κ3) is 2.21. The van der Waals surface area contributed by atoms with Gasteiger partial charge in [0.25, 0.3) is 0 Å². The first-order chi connectivity index (χ1) is 7.31. The van der Waals surface area contributed by atoms with Crippen LogP contribution in [0.5, 0.6) is 5.75 Å². The van der Waals surface area contributed by atoms with Crippen molar-refractivity contribution in [3.8, 4) is 5.75 Å². The highest BCUT2D eigenvalue weighted by Crippen LogP contribution is 2.30. The van der Waals surface area contributed by atoms with E-state index < -0.39 is 0 Å². The summed E-state index contributed by atoms with van der Waals surface area (Å²) < 4.78 is 5.50. The number of benzene rings is 1. The summed E-state index contributed by atoms with van der Waals surface area (Å²) >= 11 is 0. The first-order valence-electron chi connectivity index (χ1n) is 5.43. The molecule has 1 atom stereocenters. The summed E-state index contributed by atoms with van der Waals surface area (Å²) in [5, 5.41) is 0. The average Bonchev–Trinajstić information content (AvgIpc) is 2.26. The van der Waals surface area contributed by atoms with Gasteiger partial charge in [0, 0.05) is 6.04 Å². The molecule has 2 nitrogen and oxygen atoms in total. The lowest BCUT2D eigenvalue weighted by Crippen LogP contribution is -2.17. The van der Waals surface area contributed by atoms with Crippen molar-refractivity contribution < 1.29 is 4.74 Å². The predicted molar refractivity (Wildman–Crippen MR) is 62.0 cm³/mol. The van der Waals surface area contributed by atoms with Crippen LogP contribution in [-0.4, -0.2) is 6.61 Å². The molecular weight excluding hydrogens is 186 g/mol. The highest BCUT2D eigenvalue weighted by Gasteiger charge is 2.16. The van der Waals surface area contributed by atoms with Crippen molar-refractivity contribution >= 4 is 0 Å². The molecule has 0 saturated heterocycles. The molecule has 1 aliphatic carbocycles. The lowest BCUT2D eigenvalue weighted by Gasteiger charge is -2.22. The van der Waals surface area contributed by atoms with E-state index in [1.807, 2.05) is 6.07 Å². The molecule has 0 radical (unpaired) electrons. The second kappa shape index (κ2) is 4.49. The van der Waals surface area contributed by atoms with Gasteiger partial charge in [-0.3, -0.25) is 0 Å². The molecule has 1 aliphatic rings. The van der Waals surface area contributed by atoms with E-state index in [-0.39, 0.29) is 6.04 Å². The molecule has 1 unspecified atom stereocenters. The van der Waals surface area contributed by atoms with Crippen molar-refractivity contribution in [2.24, 2.45) is 5.73 Å². The number of fused-ring (bicyclic) bond motifs is 1. The van der Waals surface area contributed by atoms with Crippen LogP contribution >= 0.6 is 0 Å². The molecule has 0 heterocycles. The molecule has 2 rings (SSSR count). The van der Waals surface area contributed by atoms with Crippen LogP contribution in [0.3, 0.4) is 0 Å². The Hall–Kier alpha value is -1.28. The maximum atomic E-state index is 6.04. The molecule has 2 N–H and O–H groups in total. The molecule has 80 valence electrons. The summed E-state index contributed by atoms with van der Waals surface area (Å²) in [7, 11) is 0. The van der Waals surface area contributed by atoms with Gasteiger partial charge in [-0.15, -0.1) is 0 Å². The minimum absolute atomic E-state index is 0.210. The molecule has 0 bridgehead atoms. The maximum Gasteiger partial charge on any atom is 0.120 e. The Bertz CT molecular complexity index is 360. The first kappa shape index (κ1) is 10.2. The first-order valence-corrected chi connectivity index (χ1v) is 5.43. The lowest BCUT2D eigenvalue weighted by molar-refractivity contribution is 0.362. The van der Waals surface area contributed by atoms with Crippen LogP contribution in [0, 0.1) is 0 Å². The van der Waals surface area contributed by atoms with E-state index in [1.165, 1.54) is 17.5 Å². The highest BCUT2D eigenvalue weighted by atomic mass is 16.5. The van der Waals surface area contributed by atoms with Crippen molar-refractivity contribution in [2.75, 3.05) is 6.61 Å². The van der Waals surface area contributed by atoms with Gasteiger partial charge in [0.15, 0.2) is 0 Å². The molecular formula is C13H17NO. The zero-order valence-electron chi connectivity index (χ0n) is 8.91. The summed E-state index contributed by atoms with van der Waals surface area (Å²) in [6, 6.07) is 6.41. The molecule has 2 heteroatoms. The Morgan fingerprint density at radius 1 is 1.53 bits per heavy atom. The fourth-order valence-corrected chi connectivity index (χ4v) is 2.07. The monoisotopic (exact) mass is 203 g/mol. The van der Waals surface area contributed by atoms with Crippen LogP contribution in [0.2, 0.25) is 0 Å². The maximum absolute atomic E-state index is 6.04. The van der Waals surface area contributed by atoms with E-state index in [0.717, 1.165) is 18.6 Å². The highest BCUT2D eigenvalue weighted by molar-refractivity contribution is 5.38. The third-order valence-electron chi connectivity index (χ3n) is 2.84. The van der Waals surface area contributed by atoms with Crippen molar-refractivity contribution in [3.63, 3.8) is 0 Å². The average molecular weight is 203 g/mol. The Kier molecular flexibility index (Phi) is 3.07. The van der Waals surface area contributed by atoms with E-state index >= 15 is 0 Å². The van der Waals surface area contributed by atoms with Gasteiger partial charge in [0.1, 0.15) is 12.4 Å². The van der Waals surface area contributed by atoms with Gasteiger partial charge in [-0.1, -0.05) is 18.7 Å². The normalized spacial score (nSPS) is 19.4. The third-order valence-corrected chi connectivity index (χ3v) is 2.84. The Morgan fingerprint density at radius 2 is 2.40 bits per heavy atom. The number of rotatable bonds is 3. The zero-order valence-corrected chi connectivity index (χ0v) is 8.91. The predicted octanol–water partition coefficient (Wildman–Crippen LogP) is 2.59. The van der Waals surface area contributed by atoms with Crippen LogP contribution in [0.4, 0.5) is 0 Å². The van der Waals surface area contributed by atoms with Gasteiger partial charge in [-0.05, 0) is 42.5 Å². The molecule has 0 saturated carbocycles. The van der Waals surface area contributed by atoms with Gasteiger partial charge < -0.3 is 10.5 Å². The van der Waals surface area contributed by atoms with Crippen molar-refractivity contribution in [3.05, 3.63) is 42.0 Å². The van der Waals surface area contributed by atoms with Crippen molar-refractivity contribution in [2.45, 2.75) is 25.3 Å². The van der Waals surface area contributed by atoms with Gasteiger partial charge in [-0.25, -0.2) is 0 Å². The van der Waals surface area contributed by atoms with Crippen molar-refractivity contribution in [1.29, 1.82) is 0 Å². The zero-order chi connectivity index (χ0) is 10.7. The number of hydrogen-bond acceptors (Lipinski definition) is 2. The number of ether oxygens (including phenoxy) is 1. The summed E-state index contributed by atoms with van der Waals surface area (Å²) in [4.78, 5) is 0. The second-order valence-corrected chi connectivity index (χ2v) is 3.96. The quantitative estimate of drug-likeness (QED) is 0.766. The largest absolute Gasteiger partial charge is 0.490 e. The number of hydrogen-bond donors (Lipinski definition) is 1. The molecule has 0 spiro atoms. The van der Waals surface area contributed by atoms with Crippen LogP contribution in [-0.2, 0) is 6.42 Å². The minimum Gasteiger partial charge on any atom is -0.490 e. The minimum atomic E-state index is 0.210. The van der Waals surface area contributed by atoms with E-state index in [4.69, 9.17) is 10.5 Å². The fourth-order valence-electron chi connectivity index (χ4n) is 2.07. The Labute approximate surface area is 90.7 Å². The van der Waals surface area contributed by atoms with Crippen LogP contribution in [0.1, 0.15) is 30.0 Å². The van der Waals surface area contributed by atoms with Gasteiger partial charge in [0.05, 0.1) is 0 Å². The molecule has 1 aromatic rings. The SMILES string of the molecule is C=CCOc1ccc2c(c1)CCCC2N. The van der Waals surface area contributed by atoms with E-state index in [2.05, 4.69) is 18.7 Å². The molecule has 0 fully saturated rings. The molecule has 1 aromatic carbocycles. The second-order valence-electron chi connectivity index (χ2n) is 3.96. The summed E-state index contributed by atoms with van der Waals surface area (Å²) in [6.07, 6.45) is 5.15. The van der Waals surface area contributed by atoms with Gasteiger partial charge in [-0.2, -0.15) is 0 Å².